The van der Waals surface area contributed by atoms with E-state index in [9.17, 15) is 0 Å². The van der Waals surface area contributed by atoms with Crippen LogP contribution >= 0.6 is 11.6 Å². The molecule has 4 nitrogen and oxygen atoms in total. The van der Waals surface area contributed by atoms with E-state index in [1.54, 1.807) is 6.07 Å². The van der Waals surface area contributed by atoms with Gasteiger partial charge < -0.3 is 10.2 Å². The predicted molar refractivity (Wildman–Crippen MR) is 89.9 cm³/mol. The van der Waals surface area contributed by atoms with Gasteiger partial charge in [-0.05, 0) is 24.6 Å². The first kappa shape index (κ1) is 15.6. The van der Waals surface area contributed by atoms with Crippen molar-refractivity contribution in [2.75, 3.05) is 24.3 Å². The van der Waals surface area contributed by atoms with Gasteiger partial charge in [0.25, 0.3) is 0 Å². The maximum Gasteiger partial charge on any atom is 0.135 e. The summed E-state index contributed by atoms with van der Waals surface area (Å²) in [6, 6.07) is 7.96. The number of aromatic nitrogens is 2. The SMILES string of the molecule is Cc1ccc(Nc2cc(Cl)nc(C(C)C)n2)cc1N(C)C. The van der Waals surface area contributed by atoms with Crippen LogP contribution in [0, 0.1) is 6.92 Å². The minimum atomic E-state index is 0.236. The number of hydrogen-bond donors (Lipinski definition) is 1. The number of aryl methyl sites for hydroxylation is 1. The van der Waals surface area contributed by atoms with Gasteiger partial charge in [-0.25, -0.2) is 9.97 Å². The molecule has 0 aliphatic heterocycles. The first-order chi connectivity index (χ1) is 9.86. The van der Waals surface area contributed by atoms with Crippen LogP contribution in [0.1, 0.15) is 31.2 Å². The Bertz CT molecular complexity index is 638. The summed E-state index contributed by atoms with van der Waals surface area (Å²) in [5, 5.41) is 3.76. The van der Waals surface area contributed by atoms with E-state index in [4.69, 9.17) is 11.6 Å². The average molecular weight is 305 g/mol. The molecular formula is C16H21ClN4. The highest BCUT2D eigenvalue weighted by atomic mass is 35.5. The van der Waals surface area contributed by atoms with Crippen LogP contribution in [-0.2, 0) is 0 Å². The zero-order valence-corrected chi connectivity index (χ0v) is 13.9. The summed E-state index contributed by atoms with van der Waals surface area (Å²) in [5.74, 6) is 1.69. The van der Waals surface area contributed by atoms with Gasteiger partial charge in [-0.1, -0.05) is 31.5 Å². The Morgan fingerprint density at radius 2 is 1.86 bits per heavy atom. The summed E-state index contributed by atoms with van der Waals surface area (Å²) in [6.07, 6.45) is 0. The van der Waals surface area contributed by atoms with Crippen molar-refractivity contribution < 1.29 is 0 Å². The Hall–Kier alpha value is -1.81. The Labute approximate surface area is 131 Å². The maximum absolute atomic E-state index is 6.07. The molecule has 2 rings (SSSR count). The third-order valence-electron chi connectivity index (χ3n) is 3.19. The molecule has 0 aliphatic carbocycles. The van der Waals surface area contributed by atoms with Gasteiger partial charge in [0.2, 0.25) is 0 Å². The second kappa shape index (κ2) is 6.31. The summed E-state index contributed by atoms with van der Waals surface area (Å²) in [7, 11) is 4.06. The zero-order valence-electron chi connectivity index (χ0n) is 13.1. The molecule has 21 heavy (non-hydrogen) atoms. The van der Waals surface area contributed by atoms with Gasteiger partial charge in [0.1, 0.15) is 16.8 Å². The molecule has 0 saturated carbocycles. The van der Waals surface area contributed by atoms with Gasteiger partial charge in [0.15, 0.2) is 0 Å². The lowest BCUT2D eigenvalue weighted by Gasteiger charge is -2.17. The molecule has 0 bridgehead atoms. The van der Waals surface area contributed by atoms with Crippen LogP contribution in [0.4, 0.5) is 17.2 Å². The topological polar surface area (TPSA) is 41.1 Å². The average Bonchev–Trinajstić information content (AvgIpc) is 2.40. The highest BCUT2D eigenvalue weighted by molar-refractivity contribution is 6.29. The molecule has 112 valence electrons. The fraction of sp³-hybridized carbons (Fsp3) is 0.375. The van der Waals surface area contributed by atoms with Gasteiger partial charge in [-0.2, -0.15) is 0 Å². The third-order valence-corrected chi connectivity index (χ3v) is 3.39. The van der Waals surface area contributed by atoms with Crippen LogP contribution in [0.2, 0.25) is 5.15 Å². The molecule has 2 aromatic rings. The van der Waals surface area contributed by atoms with Crippen molar-refractivity contribution in [2.24, 2.45) is 0 Å². The predicted octanol–water partition coefficient (Wildman–Crippen LogP) is 4.37. The van der Waals surface area contributed by atoms with Crippen LogP contribution in [0.3, 0.4) is 0 Å². The number of nitrogens with one attached hydrogen (secondary N) is 1. The summed E-state index contributed by atoms with van der Waals surface area (Å²) in [5.41, 5.74) is 3.38. The van der Waals surface area contributed by atoms with Gasteiger partial charge in [0, 0.05) is 37.5 Å². The van der Waals surface area contributed by atoms with Crippen molar-refractivity contribution in [1.29, 1.82) is 0 Å². The van der Waals surface area contributed by atoms with Crippen LogP contribution < -0.4 is 10.2 Å². The molecule has 0 aliphatic rings. The lowest BCUT2D eigenvalue weighted by Crippen LogP contribution is -2.10. The monoisotopic (exact) mass is 304 g/mol. The van der Waals surface area contributed by atoms with E-state index >= 15 is 0 Å². The molecule has 0 saturated heterocycles. The molecule has 1 heterocycles. The van der Waals surface area contributed by atoms with E-state index in [1.165, 1.54) is 11.3 Å². The quantitative estimate of drug-likeness (QED) is 0.852. The van der Waals surface area contributed by atoms with Gasteiger partial charge in [-0.15, -0.1) is 0 Å². The number of rotatable bonds is 4. The molecule has 1 N–H and O–H groups in total. The molecule has 0 unspecified atom stereocenters. The summed E-state index contributed by atoms with van der Waals surface area (Å²) < 4.78 is 0. The second-order valence-corrected chi connectivity index (χ2v) is 6.00. The number of halogens is 1. The third kappa shape index (κ3) is 3.85. The molecule has 0 radical (unpaired) electrons. The lowest BCUT2D eigenvalue weighted by atomic mass is 10.1. The Kier molecular flexibility index (Phi) is 4.68. The van der Waals surface area contributed by atoms with Crippen molar-refractivity contribution in [2.45, 2.75) is 26.7 Å². The van der Waals surface area contributed by atoms with Crippen LogP contribution in [0.25, 0.3) is 0 Å². The largest absolute Gasteiger partial charge is 0.377 e. The van der Waals surface area contributed by atoms with Gasteiger partial charge in [-0.3, -0.25) is 0 Å². The smallest absolute Gasteiger partial charge is 0.135 e. The normalized spacial score (nSPS) is 10.8. The summed E-state index contributed by atoms with van der Waals surface area (Å²) >= 11 is 6.07. The minimum absolute atomic E-state index is 0.236. The Morgan fingerprint density at radius 1 is 1.14 bits per heavy atom. The molecule has 0 atom stereocenters. The van der Waals surface area contributed by atoms with E-state index in [-0.39, 0.29) is 5.92 Å². The van der Waals surface area contributed by atoms with E-state index < -0.39 is 0 Å². The van der Waals surface area contributed by atoms with E-state index in [1.807, 2.05) is 34.0 Å². The molecule has 0 fully saturated rings. The molecule has 0 amide bonds. The molecule has 5 heteroatoms. The van der Waals surface area contributed by atoms with Crippen molar-refractivity contribution >= 4 is 28.8 Å². The molecular weight excluding hydrogens is 284 g/mol. The van der Waals surface area contributed by atoms with Crippen LogP contribution in [0.15, 0.2) is 24.3 Å². The van der Waals surface area contributed by atoms with Crippen molar-refractivity contribution in [3.63, 3.8) is 0 Å². The number of anilines is 3. The summed E-state index contributed by atoms with van der Waals surface area (Å²) in [6.45, 7) is 6.19. The van der Waals surface area contributed by atoms with Crippen molar-refractivity contribution in [3.05, 3.63) is 40.8 Å². The zero-order chi connectivity index (χ0) is 15.6. The second-order valence-electron chi connectivity index (χ2n) is 5.61. The first-order valence-corrected chi connectivity index (χ1v) is 7.34. The first-order valence-electron chi connectivity index (χ1n) is 6.96. The number of benzene rings is 1. The highest BCUT2D eigenvalue weighted by Gasteiger charge is 2.08. The molecule has 1 aromatic carbocycles. The Balaban J connectivity index is 2.32. The fourth-order valence-electron chi connectivity index (χ4n) is 2.07. The van der Waals surface area contributed by atoms with Gasteiger partial charge >= 0.3 is 0 Å². The minimum Gasteiger partial charge on any atom is -0.377 e. The van der Waals surface area contributed by atoms with Crippen LogP contribution in [-0.4, -0.2) is 24.1 Å². The van der Waals surface area contributed by atoms with Gasteiger partial charge in [0.05, 0.1) is 0 Å². The van der Waals surface area contributed by atoms with E-state index in [0.29, 0.717) is 11.0 Å². The number of hydrogen-bond acceptors (Lipinski definition) is 4. The highest BCUT2D eigenvalue weighted by Crippen LogP contribution is 2.25. The Morgan fingerprint density at radius 3 is 2.48 bits per heavy atom. The maximum atomic E-state index is 6.07. The van der Waals surface area contributed by atoms with E-state index in [0.717, 1.165) is 11.5 Å². The molecule has 1 aromatic heterocycles. The van der Waals surface area contributed by atoms with Crippen molar-refractivity contribution in [1.82, 2.24) is 9.97 Å². The molecule has 0 spiro atoms. The lowest BCUT2D eigenvalue weighted by molar-refractivity contribution is 0.776. The fourth-order valence-corrected chi connectivity index (χ4v) is 2.26. The van der Waals surface area contributed by atoms with E-state index in [2.05, 4.69) is 39.2 Å². The standard InChI is InChI=1S/C16H21ClN4/c1-10(2)16-19-14(17)9-15(20-16)18-12-7-6-11(3)13(8-12)21(4)5/h6-10H,1-5H3,(H,18,19,20). The van der Waals surface area contributed by atoms with Crippen molar-refractivity contribution in [3.8, 4) is 0 Å². The van der Waals surface area contributed by atoms with Crippen LogP contribution in [0.5, 0.6) is 0 Å². The summed E-state index contributed by atoms with van der Waals surface area (Å²) in [4.78, 5) is 10.8. The number of nitrogens with zero attached hydrogens (tertiary/aromatic N) is 3.